The van der Waals surface area contributed by atoms with Crippen molar-refractivity contribution in [3.8, 4) is 0 Å². The number of likely N-dealkylation sites (N-methyl/N-ethyl adjacent to an activating group) is 1. The molecule has 1 fully saturated rings. The predicted molar refractivity (Wildman–Crippen MR) is 115 cm³/mol. The molecule has 3 aliphatic rings. The molecule has 4 rings (SSSR count). The molecular weight excluding hydrogens is 424 g/mol. The van der Waals surface area contributed by atoms with Crippen molar-refractivity contribution in [3.63, 3.8) is 0 Å². The molecule has 0 spiro atoms. The van der Waals surface area contributed by atoms with Crippen molar-refractivity contribution >= 4 is 5.69 Å². The monoisotopic (exact) mass is 454 g/mol. The molecule has 1 aliphatic carbocycles. The average molecular weight is 455 g/mol. The van der Waals surface area contributed by atoms with Gasteiger partial charge in [-0.2, -0.15) is 13.2 Å². The molecule has 0 amide bonds. The zero-order valence-electron chi connectivity index (χ0n) is 18.1. The Labute approximate surface area is 185 Å². The van der Waals surface area contributed by atoms with Crippen LogP contribution in [0.4, 0.5) is 23.2 Å². The van der Waals surface area contributed by atoms with Gasteiger partial charge >= 0.3 is 6.18 Å². The van der Waals surface area contributed by atoms with Gasteiger partial charge in [-0.15, -0.1) is 0 Å². The summed E-state index contributed by atoms with van der Waals surface area (Å²) in [6.07, 6.45) is 1.89. The third-order valence-electron chi connectivity index (χ3n) is 6.87. The van der Waals surface area contributed by atoms with Gasteiger partial charge in [0.1, 0.15) is 5.83 Å². The van der Waals surface area contributed by atoms with Crippen LogP contribution in [0.2, 0.25) is 0 Å². The van der Waals surface area contributed by atoms with Gasteiger partial charge in [-0.3, -0.25) is 4.90 Å². The summed E-state index contributed by atoms with van der Waals surface area (Å²) in [6, 6.07) is 3.62. The van der Waals surface area contributed by atoms with E-state index in [1.54, 1.807) is 6.08 Å². The Morgan fingerprint density at radius 3 is 2.75 bits per heavy atom. The van der Waals surface area contributed by atoms with E-state index in [4.69, 9.17) is 4.74 Å². The molecule has 32 heavy (non-hydrogen) atoms. The van der Waals surface area contributed by atoms with Gasteiger partial charge in [0, 0.05) is 48.6 Å². The van der Waals surface area contributed by atoms with Gasteiger partial charge in [0.2, 0.25) is 0 Å². The Morgan fingerprint density at radius 1 is 1.25 bits per heavy atom. The highest BCUT2D eigenvalue weighted by molar-refractivity contribution is 5.58. The SMILES string of the molecule is CCN(CCO)C[C@H]1CC[C@@H]2[C@H](O1)c1cc(C(F)(F)F)ccc1N[C@H]2C1C=CC=C(F)C1. The molecule has 4 nitrogen and oxygen atoms in total. The number of aliphatic hydroxyl groups excluding tert-OH is 1. The highest BCUT2D eigenvalue weighted by Crippen LogP contribution is 2.49. The molecule has 0 aromatic heterocycles. The number of benzene rings is 1. The predicted octanol–water partition coefficient (Wildman–Crippen LogP) is 5.08. The maximum atomic E-state index is 14.0. The summed E-state index contributed by atoms with van der Waals surface area (Å²) in [5.41, 5.74) is 0.450. The number of ether oxygens (including phenoxy) is 1. The van der Waals surface area contributed by atoms with Crippen LogP contribution in [0, 0.1) is 11.8 Å². The zero-order valence-corrected chi connectivity index (χ0v) is 18.1. The Hall–Kier alpha value is -1.90. The Morgan fingerprint density at radius 2 is 2.06 bits per heavy atom. The Kier molecular flexibility index (Phi) is 6.93. The highest BCUT2D eigenvalue weighted by atomic mass is 19.4. The number of hydrogen-bond acceptors (Lipinski definition) is 4. The second kappa shape index (κ2) is 9.53. The maximum Gasteiger partial charge on any atom is 0.416 e. The summed E-state index contributed by atoms with van der Waals surface area (Å²) < 4.78 is 60.7. The molecule has 1 saturated heterocycles. The van der Waals surface area contributed by atoms with E-state index in [0.717, 1.165) is 25.5 Å². The number of alkyl halides is 3. The molecule has 5 atom stereocenters. The van der Waals surface area contributed by atoms with E-state index in [1.807, 2.05) is 13.0 Å². The fraction of sp³-hybridized carbons (Fsp3) is 0.583. The van der Waals surface area contributed by atoms with E-state index in [1.165, 1.54) is 18.2 Å². The van der Waals surface area contributed by atoms with Crippen LogP contribution in [-0.2, 0) is 10.9 Å². The number of halogens is 4. The van der Waals surface area contributed by atoms with Crippen LogP contribution >= 0.6 is 0 Å². The fourth-order valence-corrected chi connectivity index (χ4v) is 5.25. The van der Waals surface area contributed by atoms with Gasteiger partial charge < -0.3 is 15.2 Å². The third-order valence-corrected chi connectivity index (χ3v) is 6.87. The molecule has 0 saturated carbocycles. The lowest BCUT2D eigenvalue weighted by atomic mass is 9.72. The van der Waals surface area contributed by atoms with Crippen molar-refractivity contribution in [1.82, 2.24) is 4.90 Å². The van der Waals surface area contributed by atoms with Gasteiger partial charge in [0.15, 0.2) is 0 Å². The van der Waals surface area contributed by atoms with E-state index < -0.39 is 17.8 Å². The molecule has 1 unspecified atom stereocenters. The molecule has 0 radical (unpaired) electrons. The first-order chi connectivity index (χ1) is 15.3. The highest BCUT2D eigenvalue weighted by Gasteiger charge is 2.45. The van der Waals surface area contributed by atoms with Gasteiger partial charge in [0.25, 0.3) is 0 Å². The van der Waals surface area contributed by atoms with Crippen LogP contribution in [0.1, 0.15) is 43.4 Å². The van der Waals surface area contributed by atoms with Crippen molar-refractivity contribution in [2.24, 2.45) is 11.8 Å². The summed E-state index contributed by atoms with van der Waals surface area (Å²) in [5.74, 6) is -0.341. The Balaban J connectivity index is 1.64. The van der Waals surface area contributed by atoms with Crippen LogP contribution in [0.3, 0.4) is 0 Å². The first-order valence-corrected chi connectivity index (χ1v) is 11.3. The molecule has 176 valence electrons. The summed E-state index contributed by atoms with van der Waals surface area (Å²) >= 11 is 0. The van der Waals surface area contributed by atoms with Crippen LogP contribution < -0.4 is 5.32 Å². The van der Waals surface area contributed by atoms with Crippen molar-refractivity contribution in [2.75, 3.05) is 31.6 Å². The molecule has 2 aliphatic heterocycles. The van der Waals surface area contributed by atoms with Gasteiger partial charge in [-0.05, 0) is 43.7 Å². The zero-order chi connectivity index (χ0) is 22.9. The van der Waals surface area contributed by atoms with Crippen LogP contribution in [0.5, 0.6) is 0 Å². The first-order valence-electron chi connectivity index (χ1n) is 11.3. The normalized spacial score (nSPS) is 29.8. The van der Waals surface area contributed by atoms with Gasteiger partial charge in [-0.25, -0.2) is 4.39 Å². The van der Waals surface area contributed by atoms with E-state index in [0.29, 0.717) is 24.3 Å². The molecule has 1 aromatic carbocycles. The standard InChI is InChI=1S/C24H30F4N2O2/c1-2-30(10-11-31)14-18-7-8-19-22(15-4-3-5-17(25)12-15)29-21-9-6-16(24(26,27)28)13-20(21)23(19)32-18/h3-6,9,13,15,18-19,22-23,29,31H,2,7-8,10-12,14H2,1H3/t15?,18-,19+,22+,23+/m1/s1. The molecule has 1 aromatic rings. The fourth-order valence-electron chi connectivity index (χ4n) is 5.25. The Bertz CT molecular complexity index is 870. The topological polar surface area (TPSA) is 44.7 Å². The third kappa shape index (κ3) is 4.87. The number of allylic oxidation sites excluding steroid dienone is 3. The minimum absolute atomic E-state index is 0.0451. The van der Waals surface area contributed by atoms with Crippen LogP contribution in [-0.4, -0.2) is 48.4 Å². The minimum Gasteiger partial charge on any atom is -0.395 e. The van der Waals surface area contributed by atoms with E-state index in [9.17, 15) is 22.7 Å². The number of anilines is 1. The van der Waals surface area contributed by atoms with E-state index in [2.05, 4.69) is 10.2 Å². The van der Waals surface area contributed by atoms with E-state index >= 15 is 0 Å². The van der Waals surface area contributed by atoms with Crippen molar-refractivity contribution in [1.29, 1.82) is 0 Å². The van der Waals surface area contributed by atoms with Crippen molar-refractivity contribution < 1.29 is 27.4 Å². The van der Waals surface area contributed by atoms with Gasteiger partial charge in [-0.1, -0.05) is 19.1 Å². The number of nitrogens with one attached hydrogen (secondary N) is 1. The average Bonchev–Trinajstić information content (AvgIpc) is 2.77. The molecule has 0 bridgehead atoms. The number of nitrogens with zero attached hydrogens (tertiary/aromatic N) is 1. The van der Waals surface area contributed by atoms with Gasteiger partial charge in [0.05, 0.1) is 24.4 Å². The molecular formula is C24H30F4N2O2. The quantitative estimate of drug-likeness (QED) is 0.589. The second-order valence-corrected chi connectivity index (χ2v) is 8.87. The summed E-state index contributed by atoms with van der Waals surface area (Å²) in [5, 5.41) is 12.7. The van der Waals surface area contributed by atoms with E-state index in [-0.39, 0.29) is 42.8 Å². The largest absolute Gasteiger partial charge is 0.416 e. The lowest BCUT2D eigenvalue weighted by Crippen LogP contribution is -2.49. The first kappa shape index (κ1) is 23.3. The molecule has 2 heterocycles. The minimum atomic E-state index is -4.43. The molecule has 8 heteroatoms. The number of fused-ring (bicyclic) bond motifs is 3. The summed E-state index contributed by atoms with van der Waals surface area (Å²) in [7, 11) is 0. The van der Waals surface area contributed by atoms with Crippen LogP contribution in [0.25, 0.3) is 0 Å². The molecule has 2 N–H and O–H groups in total. The number of hydrogen-bond donors (Lipinski definition) is 2. The lowest BCUT2D eigenvalue weighted by molar-refractivity contribution is -0.138. The maximum absolute atomic E-state index is 14.0. The van der Waals surface area contributed by atoms with Crippen molar-refractivity contribution in [2.45, 2.75) is 50.6 Å². The second-order valence-electron chi connectivity index (χ2n) is 8.87. The summed E-state index contributed by atoms with van der Waals surface area (Å²) in [6.45, 7) is 3.95. The lowest BCUT2D eigenvalue weighted by Gasteiger charge is -2.48. The van der Waals surface area contributed by atoms with Crippen LogP contribution in [0.15, 0.2) is 42.3 Å². The smallest absolute Gasteiger partial charge is 0.395 e. The number of rotatable bonds is 6. The summed E-state index contributed by atoms with van der Waals surface area (Å²) in [4.78, 5) is 2.08. The number of aliphatic hydroxyl groups is 1. The van der Waals surface area contributed by atoms with Crippen molar-refractivity contribution in [3.05, 3.63) is 53.4 Å².